The maximum Gasteiger partial charge on any atom is 0.231 e. The number of carbonyl (C=O) groups is 1. The number of benzene rings is 1. The molecule has 2 aromatic rings. The maximum atomic E-state index is 12.9. The number of aromatic nitrogens is 4. The first-order valence-electron chi connectivity index (χ1n) is 6.62. The van der Waals surface area contributed by atoms with Crippen LogP contribution in [0.5, 0.6) is 0 Å². The summed E-state index contributed by atoms with van der Waals surface area (Å²) in [6.07, 6.45) is 2.52. The molecule has 0 radical (unpaired) electrons. The van der Waals surface area contributed by atoms with Crippen LogP contribution >= 0.6 is 11.8 Å². The third kappa shape index (κ3) is 3.38. The van der Waals surface area contributed by atoms with E-state index in [-0.39, 0.29) is 5.82 Å². The summed E-state index contributed by atoms with van der Waals surface area (Å²) in [4.78, 5) is 11.6. The lowest BCUT2D eigenvalue weighted by atomic mass is 10.1. The summed E-state index contributed by atoms with van der Waals surface area (Å²) in [5.41, 5.74) is 6.31. The molecule has 0 spiro atoms. The molecule has 1 amide bonds. The summed E-state index contributed by atoms with van der Waals surface area (Å²) in [7, 11) is 0. The average Bonchev–Trinajstić information content (AvgIpc) is 3.20. The van der Waals surface area contributed by atoms with Crippen LogP contribution in [-0.4, -0.2) is 31.4 Å². The fourth-order valence-corrected chi connectivity index (χ4v) is 3.00. The first-order valence-corrected chi connectivity index (χ1v) is 7.50. The Morgan fingerprint density at radius 3 is 2.76 bits per heavy atom. The van der Waals surface area contributed by atoms with Crippen LogP contribution in [0.4, 0.5) is 4.39 Å². The van der Waals surface area contributed by atoms with Gasteiger partial charge in [-0.05, 0) is 47.4 Å². The molecule has 1 aliphatic carbocycles. The van der Waals surface area contributed by atoms with E-state index < -0.39 is 11.2 Å². The monoisotopic (exact) mass is 307 g/mol. The molecule has 1 fully saturated rings. The Balaban J connectivity index is 1.73. The second kappa shape index (κ2) is 5.80. The Morgan fingerprint density at radius 1 is 1.43 bits per heavy atom. The lowest BCUT2D eigenvalue weighted by molar-refractivity contribution is -0.117. The number of hydrogen-bond acceptors (Lipinski definition) is 5. The average molecular weight is 307 g/mol. The van der Waals surface area contributed by atoms with Crippen molar-refractivity contribution in [1.29, 1.82) is 0 Å². The van der Waals surface area contributed by atoms with E-state index in [1.54, 1.807) is 16.8 Å². The number of rotatable bonds is 6. The van der Waals surface area contributed by atoms with Gasteiger partial charge in [-0.2, -0.15) is 0 Å². The lowest BCUT2D eigenvalue weighted by Crippen LogP contribution is -2.28. The summed E-state index contributed by atoms with van der Waals surface area (Å²) in [5.74, 6) is -0.741. The van der Waals surface area contributed by atoms with Gasteiger partial charge in [-0.3, -0.25) is 4.79 Å². The largest absolute Gasteiger partial charge is 0.369 e. The van der Waals surface area contributed by atoms with Gasteiger partial charge < -0.3 is 5.73 Å². The molecule has 1 aromatic carbocycles. The highest BCUT2D eigenvalue weighted by Crippen LogP contribution is 2.37. The van der Waals surface area contributed by atoms with Gasteiger partial charge in [0, 0.05) is 0 Å². The highest BCUT2D eigenvalue weighted by molar-refractivity contribution is 8.00. The Hall–Kier alpha value is -1.96. The Bertz CT molecular complexity index is 640. The van der Waals surface area contributed by atoms with Crippen molar-refractivity contribution in [2.45, 2.75) is 35.7 Å². The lowest BCUT2D eigenvalue weighted by Gasteiger charge is -2.12. The van der Waals surface area contributed by atoms with Gasteiger partial charge in [0.15, 0.2) is 0 Å². The second-order valence-electron chi connectivity index (χ2n) is 4.98. The summed E-state index contributed by atoms with van der Waals surface area (Å²) < 4.78 is 14.7. The van der Waals surface area contributed by atoms with Gasteiger partial charge in [-0.25, -0.2) is 9.07 Å². The van der Waals surface area contributed by atoms with Crippen LogP contribution in [0.25, 0.3) is 0 Å². The predicted molar refractivity (Wildman–Crippen MR) is 75.0 cm³/mol. The zero-order valence-corrected chi connectivity index (χ0v) is 12.0. The quantitative estimate of drug-likeness (QED) is 0.814. The molecular weight excluding hydrogens is 293 g/mol. The number of halogens is 1. The normalized spacial score (nSPS) is 15.9. The highest BCUT2D eigenvalue weighted by atomic mass is 32.2. The molecule has 0 bridgehead atoms. The van der Waals surface area contributed by atoms with Crippen molar-refractivity contribution in [3.05, 3.63) is 35.6 Å². The number of amides is 1. The summed E-state index contributed by atoms with van der Waals surface area (Å²) in [5, 5.41) is 11.7. The van der Waals surface area contributed by atoms with Gasteiger partial charge in [0.05, 0.1) is 11.3 Å². The Morgan fingerprint density at radius 2 is 2.14 bits per heavy atom. The third-order valence-corrected chi connectivity index (χ3v) is 4.42. The van der Waals surface area contributed by atoms with Crippen LogP contribution in [0.2, 0.25) is 0 Å². The minimum absolute atomic E-state index is 0.306. The molecular formula is C13H14FN5OS. The smallest absolute Gasteiger partial charge is 0.231 e. The standard InChI is InChI=1S/C13H14FN5OS/c14-9-3-1-8(2-4-9)7-11(12(15)20)21-13-16-17-18-19(13)10-5-6-10/h1-4,10-11H,5-7H2,(H2,15,20). The molecule has 3 rings (SSSR count). The number of thioether (sulfide) groups is 1. The predicted octanol–water partition coefficient (Wildman–Crippen LogP) is 1.34. The molecule has 1 aromatic heterocycles. The topological polar surface area (TPSA) is 86.7 Å². The number of tetrazole rings is 1. The number of hydrogen-bond donors (Lipinski definition) is 1. The summed E-state index contributed by atoms with van der Waals surface area (Å²) in [6.45, 7) is 0. The van der Waals surface area contributed by atoms with Crippen molar-refractivity contribution in [3.8, 4) is 0 Å². The van der Waals surface area contributed by atoms with Crippen LogP contribution in [0.1, 0.15) is 24.4 Å². The van der Waals surface area contributed by atoms with Crippen LogP contribution in [-0.2, 0) is 11.2 Å². The first kappa shape index (κ1) is 14.0. The first-order chi connectivity index (χ1) is 10.1. The molecule has 8 heteroatoms. The van der Waals surface area contributed by atoms with Gasteiger partial charge >= 0.3 is 0 Å². The minimum atomic E-state index is -0.487. The van der Waals surface area contributed by atoms with Crippen molar-refractivity contribution >= 4 is 17.7 Å². The van der Waals surface area contributed by atoms with Gasteiger partial charge in [-0.1, -0.05) is 23.9 Å². The van der Waals surface area contributed by atoms with Gasteiger partial charge in [0.1, 0.15) is 5.82 Å². The van der Waals surface area contributed by atoms with E-state index in [0.29, 0.717) is 17.6 Å². The summed E-state index contributed by atoms with van der Waals surface area (Å²) in [6, 6.07) is 6.37. The number of primary amides is 1. The van der Waals surface area contributed by atoms with Crippen LogP contribution in [0.15, 0.2) is 29.4 Å². The molecule has 6 nitrogen and oxygen atoms in total. The van der Waals surface area contributed by atoms with Gasteiger partial charge in [0.25, 0.3) is 0 Å². The fourth-order valence-electron chi connectivity index (χ4n) is 1.97. The molecule has 1 atom stereocenters. The molecule has 110 valence electrons. The van der Waals surface area contributed by atoms with Crippen molar-refractivity contribution in [1.82, 2.24) is 20.2 Å². The molecule has 1 saturated carbocycles. The van der Waals surface area contributed by atoms with E-state index in [9.17, 15) is 9.18 Å². The van der Waals surface area contributed by atoms with Gasteiger partial charge in [0.2, 0.25) is 11.1 Å². The van der Waals surface area contributed by atoms with Crippen molar-refractivity contribution in [2.24, 2.45) is 5.73 Å². The van der Waals surface area contributed by atoms with E-state index in [1.165, 1.54) is 23.9 Å². The van der Waals surface area contributed by atoms with E-state index in [0.717, 1.165) is 18.4 Å². The molecule has 0 saturated heterocycles. The van der Waals surface area contributed by atoms with Crippen LogP contribution in [0, 0.1) is 5.82 Å². The molecule has 1 heterocycles. The Labute approximate surface area is 124 Å². The molecule has 1 aliphatic rings. The van der Waals surface area contributed by atoms with E-state index in [1.807, 2.05) is 0 Å². The highest BCUT2D eigenvalue weighted by Gasteiger charge is 2.30. The molecule has 0 aliphatic heterocycles. The SMILES string of the molecule is NC(=O)C(Cc1ccc(F)cc1)Sc1nnnn1C1CC1. The zero-order chi connectivity index (χ0) is 14.8. The van der Waals surface area contributed by atoms with E-state index in [2.05, 4.69) is 15.5 Å². The summed E-state index contributed by atoms with van der Waals surface area (Å²) >= 11 is 1.26. The second-order valence-corrected chi connectivity index (χ2v) is 6.15. The minimum Gasteiger partial charge on any atom is -0.369 e. The van der Waals surface area contributed by atoms with Crippen molar-refractivity contribution in [3.63, 3.8) is 0 Å². The van der Waals surface area contributed by atoms with E-state index >= 15 is 0 Å². The fraction of sp³-hybridized carbons (Fsp3) is 0.385. The van der Waals surface area contributed by atoms with Crippen LogP contribution < -0.4 is 5.73 Å². The van der Waals surface area contributed by atoms with Gasteiger partial charge in [-0.15, -0.1) is 5.10 Å². The molecule has 2 N–H and O–H groups in total. The number of nitrogens with zero attached hydrogens (tertiary/aromatic N) is 4. The number of carbonyl (C=O) groups excluding carboxylic acids is 1. The molecule has 21 heavy (non-hydrogen) atoms. The third-order valence-electron chi connectivity index (χ3n) is 3.25. The van der Waals surface area contributed by atoms with Crippen LogP contribution in [0.3, 0.4) is 0 Å². The molecule has 1 unspecified atom stereocenters. The Kier molecular flexibility index (Phi) is 3.87. The van der Waals surface area contributed by atoms with Crippen molar-refractivity contribution in [2.75, 3.05) is 0 Å². The van der Waals surface area contributed by atoms with E-state index in [4.69, 9.17) is 5.73 Å². The maximum absolute atomic E-state index is 12.9. The van der Waals surface area contributed by atoms with Crippen molar-refractivity contribution < 1.29 is 9.18 Å². The number of nitrogens with two attached hydrogens (primary N) is 1. The zero-order valence-electron chi connectivity index (χ0n) is 11.1.